The third-order valence-electron chi connectivity index (χ3n) is 4.59. The van der Waals surface area contributed by atoms with Gasteiger partial charge in [0.15, 0.2) is 0 Å². The van der Waals surface area contributed by atoms with Crippen molar-refractivity contribution in [2.24, 2.45) is 0 Å². The Morgan fingerprint density at radius 1 is 1.29 bits per heavy atom. The normalized spacial score (nSPS) is 23.3. The number of aryl methyl sites for hydroxylation is 1. The summed E-state index contributed by atoms with van der Waals surface area (Å²) in [5, 5.41) is 3.55. The summed E-state index contributed by atoms with van der Waals surface area (Å²) in [5.41, 5.74) is 3.64. The van der Waals surface area contributed by atoms with Crippen LogP contribution < -0.4 is 5.32 Å². The number of hydrogen-bond acceptors (Lipinski definition) is 3. The minimum atomic E-state index is -0.512. The zero-order valence-electron chi connectivity index (χ0n) is 12.0. The molecule has 1 unspecified atom stereocenters. The summed E-state index contributed by atoms with van der Waals surface area (Å²) in [6, 6.07) is 10.5. The summed E-state index contributed by atoms with van der Waals surface area (Å²) >= 11 is 0. The number of amides is 1. The molecule has 2 aliphatic heterocycles. The van der Waals surface area contributed by atoms with Gasteiger partial charge < -0.3 is 4.90 Å². The Morgan fingerprint density at radius 3 is 2.86 bits per heavy atom. The molecule has 3 heterocycles. The lowest BCUT2D eigenvalue weighted by Gasteiger charge is -2.33. The van der Waals surface area contributed by atoms with Crippen molar-refractivity contribution in [2.45, 2.75) is 19.0 Å². The first kappa shape index (κ1) is 12.5. The standard InChI is InChI=1S/C17H17N3O/c1-2-12-3-5-13(6-4-12)17-15-7-8-18-11-14(15)16(21)20(17)10-9-19-17/h3-8,11,19H,2,9-10H2,1H3. The first-order valence-electron chi connectivity index (χ1n) is 7.38. The molecule has 2 aromatic rings. The van der Waals surface area contributed by atoms with E-state index in [1.165, 1.54) is 5.56 Å². The molecule has 1 aromatic carbocycles. The second-order valence-electron chi connectivity index (χ2n) is 5.57. The fourth-order valence-electron chi connectivity index (χ4n) is 3.53. The number of nitrogens with one attached hydrogen (secondary N) is 1. The number of fused-ring (bicyclic) bond motifs is 3. The molecule has 4 nitrogen and oxygen atoms in total. The van der Waals surface area contributed by atoms with E-state index in [4.69, 9.17) is 0 Å². The van der Waals surface area contributed by atoms with Crippen LogP contribution in [0.3, 0.4) is 0 Å². The van der Waals surface area contributed by atoms with Crippen LogP contribution in [0.1, 0.15) is 34.0 Å². The average Bonchev–Trinajstić information content (AvgIpc) is 3.08. The van der Waals surface area contributed by atoms with Crippen molar-refractivity contribution in [3.63, 3.8) is 0 Å². The monoisotopic (exact) mass is 279 g/mol. The van der Waals surface area contributed by atoms with Crippen LogP contribution in [0.5, 0.6) is 0 Å². The predicted octanol–water partition coefficient (Wildman–Crippen LogP) is 1.90. The Kier molecular flexibility index (Phi) is 2.62. The molecule has 1 amide bonds. The Hall–Kier alpha value is -2.20. The van der Waals surface area contributed by atoms with Crippen LogP contribution in [-0.2, 0) is 12.1 Å². The third kappa shape index (κ3) is 1.54. The first-order chi connectivity index (χ1) is 10.3. The maximum Gasteiger partial charge on any atom is 0.257 e. The molecule has 4 heteroatoms. The van der Waals surface area contributed by atoms with Crippen molar-refractivity contribution >= 4 is 5.91 Å². The number of benzene rings is 1. The lowest BCUT2D eigenvalue weighted by Crippen LogP contribution is -2.46. The van der Waals surface area contributed by atoms with E-state index in [9.17, 15) is 4.79 Å². The molecular formula is C17H17N3O. The van der Waals surface area contributed by atoms with Gasteiger partial charge in [-0.05, 0) is 23.6 Å². The lowest BCUT2D eigenvalue weighted by molar-refractivity contribution is 0.0694. The van der Waals surface area contributed by atoms with Crippen molar-refractivity contribution < 1.29 is 4.79 Å². The Labute approximate surface area is 123 Å². The van der Waals surface area contributed by atoms with Crippen LogP contribution >= 0.6 is 0 Å². The molecule has 1 atom stereocenters. The van der Waals surface area contributed by atoms with Gasteiger partial charge in [-0.3, -0.25) is 15.1 Å². The van der Waals surface area contributed by atoms with E-state index < -0.39 is 5.66 Å². The lowest BCUT2D eigenvalue weighted by atomic mass is 9.91. The predicted molar refractivity (Wildman–Crippen MR) is 79.9 cm³/mol. The van der Waals surface area contributed by atoms with Crippen LogP contribution in [0, 0.1) is 0 Å². The molecular weight excluding hydrogens is 262 g/mol. The molecule has 0 bridgehead atoms. The Balaban J connectivity index is 1.93. The van der Waals surface area contributed by atoms with E-state index in [0.29, 0.717) is 5.56 Å². The highest BCUT2D eigenvalue weighted by Crippen LogP contribution is 2.43. The van der Waals surface area contributed by atoms with Crippen molar-refractivity contribution in [1.29, 1.82) is 0 Å². The molecule has 21 heavy (non-hydrogen) atoms. The Morgan fingerprint density at radius 2 is 2.10 bits per heavy atom. The highest BCUT2D eigenvalue weighted by atomic mass is 16.2. The molecule has 1 fully saturated rings. The topological polar surface area (TPSA) is 45.2 Å². The largest absolute Gasteiger partial charge is 0.311 e. The molecule has 0 aliphatic carbocycles. The molecule has 4 rings (SSSR count). The van der Waals surface area contributed by atoms with Gasteiger partial charge in [0.25, 0.3) is 5.91 Å². The minimum absolute atomic E-state index is 0.0719. The van der Waals surface area contributed by atoms with E-state index in [1.54, 1.807) is 12.4 Å². The number of nitrogens with zero attached hydrogens (tertiary/aromatic N) is 2. The number of rotatable bonds is 2. The zero-order chi connectivity index (χ0) is 14.4. The quantitative estimate of drug-likeness (QED) is 0.913. The molecule has 1 N–H and O–H groups in total. The number of hydrogen-bond donors (Lipinski definition) is 1. The summed E-state index contributed by atoms with van der Waals surface area (Å²) in [5.74, 6) is 0.0719. The SMILES string of the molecule is CCc1ccc(C23NCCN2C(=O)c2cnccc23)cc1. The summed E-state index contributed by atoms with van der Waals surface area (Å²) in [4.78, 5) is 18.7. The second kappa shape index (κ2) is 4.40. The van der Waals surface area contributed by atoms with Crippen LogP contribution in [-0.4, -0.2) is 28.9 Å². The average molecular weight is 279 g/mol. The number of carbonyl (C=O) groups excluding carboxylic acids is 1. The maximum atomic E-state index is 12.6. The minimum Gasteiger partial charge on any atom is -0.311 e. The van der Waals surface area contributed by atoms with Gasteiger partial charge in [-0.25, -0.2) is 0 Å². The summed E-state index contributed by atoms with van der Waals surface area (Å²) in [6.45, 7) is 3.68. The van der Waals surface area contributed by atoms with Gasteiger partial charge in [0.2, 0.25) is 0 Å². The fourth-order valence-corrected chi connectivity index (χ4v) is 3.53. The van der Waals surface area contributed by atoms with E-state index in [-0.39, 0.29) is 5.91 Å². The number of aromatic nitrogens is 1. The highest BCUT2D eigenvalue weighted by Gasteiger charge is 2.53. The molecule has 1 aromatic heterocycles. The van der Waals surface area contributed by atoms with Crippen molar-refractivity contribution in [3.05, 3.63) is 65.0 Å². The van der Waals surface area contributed by atoms with Crippen molar-refractivity contribution in [1.82, 2.24) is 15.2 Å². The first-order valence-corrected chi connectivity index (χ1v) is 7.38. The van der Waals surface area contributed by atoms with Gasteiger partial charge in [0.1, 0.15) is 5.66 Å². The van der Waals surface area contributed by atoms with Crippen molar-refractivity contribution in [3.8, 4) is 0 Å². The van der Waals surface area contributed by atoms with Gasteiger partial charge in [0.05, 0.1) is 5.56 Å². The molecule has 0 saturated carbocycles. The smallest absolute Gasteiger partial charge is 0.257 e. The van der Waals surface area contributed by atoms with E-state index in [1.807, 2.05) is 11.0 Å². The van der Waals surface area contributed by atoms with Gasteiger partial charge in [-0.2, -0.15) is 0 Å². The van der Waals surface area contributed by atoms with Gasteiger partial charge in [0, 0.05) is 31.0 Å². The Bertz CT molecular complexity index is 710. The number of pyridine rings is 1. The van der Waals surface area contributed by atoms with Crippen LogP contribution in [0.25, 0.3) is 0 Å². The summed E-state index contributed by atoms with van der Waals surface area (Å²) in [6.07, 6.45) is 4.46. The molecule has 2 aliphatic rings. The van der Waals surface area contributed by atoms with Crippen LogP contribution in [0.2, 0.25) is 0 Å². The maximum absolute atomic E-state index is 12.6. The van der Waals surface area contributed by atoms with Crippen molar-refractivity contribution in [2.75, 3.05) is 13.1 Å². The van der Waals surface area contributed by atoms with Crippen LogP contribution in [0.4, 0.5) is 0 Å². The third-order valence-corrected chi connectivity index (χ3v) is 4.59. The van der Waals surface area contributed by atoms with E-state index in [2.05, 4.69) is 41.5 Å². The van der Waals surface area contributed by atoms with Gasteiger partial charge in [-0.1, -0.05) is 31.2 Å². The fraction of sp³-hybridized carbons (Fsp3) is 0.294. The molecule has 0 spiro atoms. The molecule has 1 saturated heterocycles. The van der Waals surface area contributed by atoms with Crippen LogP contribution in [0.15, 0.2) is 42.7 Å². The van der Waals surface area contributed by atoms with Gasteiger partial charge in [-0.15, -0.1) is 0 Å². The van der Waals surface area contributed by atoms with Gasteiger partial charge >= 0.3 is 0 Å². The number of carbonyl (C=O) groups is 1. The zero-order valence-corrected chi connectivity index (χ0v) is 12.0. The molecule has 0 radical (unpaired) electrons. The highest BCUT2D eigenvalue weighted by molar-refractivity contribution is 6.00. The summed E-state index contributed by atoms with van der Waals surface area (Å²) < 4.78 is 0. The van der Waals surface area contributed by atoms with E-state index in [0.717, 1.165) is 30.6 Å². The second-order valence-corrected chi connectivity index (χ2v) is 5.57. The summed E-state index contributed by atoms with van der Waals surface area (Å²) in [7, 11) is 0. The molecule has 106 valence electrons. The van der Waals surface area contributed by atoms with E-state index >= 15 is 0 Å².